The van der Waals surface area contributed by atoms with Gasteiger partial charge in [-0.15, -0.1) is 0 Å². The van der Waals surface area contributed by atoms with Crippen molar-refractivity contribution in [1.29, 1.82) is 0 Å². The van der Waals surface area contributed by atoms with Crippen LogP contribution in [0.1, 0.15) is 38.2 Å². The van der Waals surface area contributed by atoms with Gasteiger partial charge in [0, 0.05) is 6.54 Å². The molecule has 2 saturated heterocycles. The van der Waals surface area contributed by atoms with Gasteiger partial charge in [-0.2, -0.15) is 0 Å². The Morgan fingerprint density at radius 1 is 1.11 bits per heavy atom. The Morgan fingerprint density at radius 2 is 1.86 bits per heavy atom. The van der Waals surface area contributed by atoms with Crippen molar-refractivity contribution >= 4 is 11.7 Å². The molecular weight excluding hydrogens is 350 g/mol. The fourth-order valence-electron chi connectivity index (χ4n) is 4.46. The van der Waals surface area contributed by atoms with Gasteiger partial charge in [0.05, 0.1) is 12.0 Å². The first kappa shape index (κ1) is 18.9. The van der Waals surface area contributed by atoms with Crippen LogP contribution in [-0.2, 0) is 14.3 Å². The van der Waals surface area contributed by atoms with Crippen molar-refractivity contribution in [1.82, 2.24) is 4.90 Å². The summed E-state index contributed by atoms with van der Waals surface area (Å²) >= 11 is 0. The molecule has 28 heavy (non-hydrogen) atoms. The number of fused-ring (bicyclic) bond motifs is 1. The molecule has 2 aromatic rings. The predicted octanol–water partition coefficient (Wildman–Crippen LogP) is 4.05. The predicted molar refractivity (Wildman–Crippen MR) is 109 cm³/mol. The molecule has 0 bridgehead atoms. The fourth-order valence-corrected chi connectivity index (χ4v) is 4.46. The van der Waals surface area contributed by atoms with Gasteiger partial charge in [0.1, 0.15) is 12.6 Å². The first-order valence-electron chi connectivity index (χ1n) is 10.1. The monoisotopic (exact) mass is 377 g/mol. The molecule has 2 heterocycles. The highest BCUT2D eigenvalue weighted by atomic mass is 16.5. The summed E-state index contributed by atoms with van der Waals surface area (Å²) in [6, 6.07) is 18.1. The summed E-state index contributed by atoms with van der Waals surface area (Å²) in [4.78, 5) is 27.6. The third kappa shape index (κ3) is 3.61. The van der Waals surface area contributed by atoms with Crippen molar-refractivity contribution in [2.45, 2.75) is 44.8 Å². The van der Waals surface area contributed by atoms with Gasteiger partial charge < -0.3 is 9.64 Å². The normalized spacial score (nSPS) is 22.5. The summed E-state index contributed by atoms with van der Waals surface area (Å²) in [5.41, 5.74) is 3.27. The molecule has 4 rings (SSSR count). The summed E-state index contributed by atoms with van der Waals surface area (Å²) in [5, 5.41) is 0. The Hall–Kier alpha value is -2.46. The van der Waals surface area contributed by atoms with Gasteiger partial charge in [-0.3, -0.25) is 9.59 Å². The molecule has 0 saturated carbocycles. The lowest BCUT2D eigenvalue weighted by Gasteiger charge is -2.28. The second kappa shape index (κ2) is 7.88. The third-order valence-electron chi connectivity index (χ3n) is 5.80. The first-order valence-corrected chi connectivity index (χ1v) is 10.1. The van der Waals surface area contributed by atoms with Crippen molar-refractivity contribution in [3.63, 3.8) is 0 Å². The van der Waals surface area contributed by atoms with Crippen LogP contribution in [0.3, 0.4) is 0 Å². The van der Waals surface area contributed by atoms with Gasteiger partial charge >= 0.3 is 0 Å². The van der Waals surface area contributed by atoms with Crippen LogP contribution < -0.4 is 0 Å². The molecule has 2 aliphatic rings. The molecule has 0 unspecified atom stereocenters. The maximum atomic E-state index is 13.5. The number of ether oxygens (including phenoxy) is 1. The fraction of sp³-hybridized carbons (Fsp3) is 0.417. The molecule has 4 heteroatoms. The minimum Gasteiger partial charge on any atom is -0.368 e. The molecule has 0 N–H and O–H groups in total. The van der Waals surface area contributed by atoms with Crippen molar-refractivity contribution in [3.8, 4) is 11.1 Å². The van der Waals surface area contributed by atoms with E-state index >= 15 is 0 Å². The summed E-state index contributed by atoms with van der Waals surface area (Å²) in [5.74, 6) is 0.238. The number of hydrogen-bond donors (Lipinski definition) is 0. The summed E-state index contributed by atoms with van der Waals surface area (Å²) in [6.45, 7) is 5.01. The van der Waals surface area contributed by atoms with Crippen LogP contribution in [0, 0.1) is 5.92 Å². The van der Waals surface area contributed by atoms with Gasteiger partial charge in [0.25, 0.3) is 0 Å². The highest BCUT2D eigenvalue weighted by molar-refractivity contribution is 5.94. The van der Waals surface area contributed by atoms with E-state index in [0.29, 0.717) is 12.5 Å². The Labute approximate surface area is 166 Å². The minimum absolute atomic E-state index is 0.0391. The molecule has 2 fully saturated rings. The van der Waals surface area contributed by atoms with E-state index in [9.17, 15) is 9.59 Å². The second-order valence-corrected chi connectivity index (χ2v) is 8.25. The van der Waals surface area contributed by atoms with Crippen LogP contribution in [0.4, 0.5) is 0 Å². The van der Waals surface area contributed by atoms with Gasteiger partial charge in [0.15, 0.2) is 5.78 Å². The molecule has 0 spiro atoms. The lowest BCUT2D eigenvalue weighted by atomic mass is 9.87. The van der Waals surface area contributed by atoms with Crippen LogP contribution in [0.5, 0.6) is 0 Å². The lowest BCUT2D eigenvalue weighted by Crippen LogP contribution is -2.44. The standard InChI is InChI=1S/C24H27NO3/c1-16(2)13-20(24(27)25-12-11-22-23(25)21(26)15-28-22)19-10-6-9-18(14-19)17-7-4-3-5-8-17/h3-10,14,16,20,22-23H,11-13,15H2,1-2H3/t20-,22+,23+/m0/s1. The van der Waals surface area contributed by atoms with E-state index in [1.807, 2.05) is 30.3 Å². The number of Topliss-reactive ketones (excluding diaryl/α,β-unsaturated/α-hetero) is 1. The van der Waals surface area contributed by atoms with Crippen molar-refractivity contribution < 1.29 is 14.3 Å². The molecule has 4 nitrogen and oxygen atoms in total. The molecule has 0 aliphatic carbocycles. The van der Waals surface area contributed by atoms with Crippen LogP contribution in [0.25, 0.3) is 11.1 Å². The smallest absolute Gasteiger partial charge is 0.230 e. The maximum absolute atomic E-state index is 13.5. The Bertz CT molecular complexity index is 861. The largest absolute Gasteiger partial charge is 0.368 e. The van der Waals surface area contributed by atoms with Gasteiger partial charge in [0.2, 0.25) is 5.91 Å². The molecule has 0 radical (unpaired) electrons. The number of rotatable bonds is 5. The van der Waals surface area contributed by atoms with E-state index in [-0.39, 0.29) is 36.4 Å². The minimum atomic E-state index is -0.389. The summed E-state index contributed by atoms with van der Waals surface area (Å²) in [7, 11) is 0. The lowest BCUT2D eigenvalue weighted by molar-refractivity contribution is -0.138. The summed E-state index contributed by atoms with van der Waals surface area (Å²) < 4.78 is 5.57. The number of ketones is 1. The van der Waals surface area contributed by atoms with Crippen LogP contribution in [0.15, 0.2) is 54.6 Å². The van der Waals surface area contributed by atoms with E-state index in [1.54, 1.807) is 4.90 Å². The van der Waals surface area contributed by atoms with Crippen LogP contribution in [-0.4, -0.2) is 41.9 Å². The number of nitrogens with zero attached hydrogens (tertiary/aromatic N) is 1. The van der Waals surface area contributed by atoms with E-state index in [1.165, 1.54) is 0 Å². The topological polar surface area (TPSA) is 46.6 Å². The Kier molecular flexibility index (Phi) is 5.31. The van der Waals surface area contributed by atoms with Gasteiger partial charge in [-0.05, 0) is 35.4 Å². The van der Waals surface area contributed by atoms with E-state index in [0.717, 1.165) is 29.5 Å². The average molecular weight is 377 g/mol. The SMILES string of the molecule is CC(C)C[C@H](C(=O)N1CC[C@H]2OCC(=O)[C@H]21)c1cccc(-c2ccccc2)c1. The van der Waals surface area contributed by atoms with E-state index in [2.05, 4.69) is 38.1 Å². The molecule has 3 atom stereocenters. The number of likely N-dealkylation sites (tertiary alicyclic amines) is 1. The van der Waals surface area contributed by atoms with Gasteiger partial charge in [-0.1, -0.05) is 68.4 Å². The van der Waals surface area contributed by atoms with Crippen molar-refractivity contribution in [3.05, 3.63) is 60.2 Å². The Morgan fingerprint density at radius 3 is 2.61 bits per heavy atom. The van der Waals surface area contributed by atoms with E-state index in [4.69, 9.17) is 4.74 Å². The van der Waals surface area contributed by atoms with Crippen molar-refractivity contribution in [2.75, 3.05) is 13.2 Å². The summed E-state index contributed by atoms with van der Waals surface area (Å²) in [6.07, 6.45) is 1.40. The molecule has 146 valence electrons. The number of amides is 1. The highest BCUT2D eigenvalue weighted by Gasteiger charge is 2.47. The average Bonchev–Trinajstić information content (AvgIpc) is 3.29. The van der Waals surface area contributed by atoms with Gasteiger partial charge in [-0.25, -0.2) is 0 Å². The molecular formula is C24H27NO3. The van der Waals surface area contributed by atoms with Crippen LogP contribution >= 0.6 is 0 Å². The molecule has 2 aromatic carbocycles. The quantitative estimate of drug-likeness (QED) is 0.790. The zero-order chi connectivity index (χ0) is 19.7. The molecule has 1 amide bonds. The zero-order valence-electron chi connectivity index (χ0n) is 16.5. The number of carbonyl (C=O) groups excluding carboxylic acids is 2. The molecule has 2 aliphatic heterocycles. The van der Waals surface area contributed by atoms with Crippen LogP contribution in [0.2, 0.25) is 0 Å². The molecule has 0 aromatic heterocycles. The van der Waals surface area contributed by atoms with Crippen molar-refractivity contribution in [2.24, 2.45) is 5.92 Å². The number of carbonyl (C=O) groups is 2. The highest BCUT2D eigenvalue weighted by Crippen LogP contribution is 2.34. The third-order valence-corrected chi connectivity index (χ3v) is 5.80. The first-order chi connectivity index (χ1) is 13.5. The van der Waals surface area contributed by atoms with E-state index < -0.39 is 0 Å². The maximum Gasteiger partial charge on any atom is 0.230 e. The second-order valence-electron chi connectivity index (χ2n) is 8.25. The number of benzene rings is 2. The zero-order valence-corrected chi connectivity index (χ0v) is 16.5. The Balaban J connectivity index is 1.65. The number of hydrogen-bond acceptors (Lipinski definition) is 3.